The Labute approximate surface area is 140 Å². The molecule has 5 nitrogen and oxygen atoms in total. The molecule has 6 heteroatoms. The van der Waals surface area contributed by atoms with Crippen LogP contribution in [-0.2, 0) is 14.3 Å². The van der Waals surface area contributed by atoms with Gasteiger partial charge in [0.05, 0.1) is 31.0 Å². The maximum Gasteiger partial charge on any atom is 0.307 e. The third kappa shape index (κ3) is 3.08. The smallest absolute Gasteiger partial charge is 0.307 e. The van der Waals surface area contributed by atoms with Gasteiger partial charge in [0.15, 0.2) is 0 Å². The normalized spacial score (nSPS) is 30.6. The zero-order valence-electron chi connectivity index (χ0n) is 12.9. The van der Waals surface area contributed by atoms with Crippen LogP contribution in [0.15, 0.2) is 24.3 Å². The number of carboxylic acid groups (broad SMARTS) is 1. The van der Waals surface area contributed by atoms with Gasteiger partial charge in [0.1, 0.15) is 6.10 Å². The summed E-state index contributed by atoms with van der Waals surface area (Å²) in [5, 5.41) is 9.79. The van der Waals surface area contributed by atoms with Gasteiger partial charge in [0, 0.05) is 10.6 Å². The highest BCUT2D eigenvalue weighted by Gasteiger charge is 2.45. The first-order chi connectivity index (χ1) is 11.0. The van der Waals surface area contributed by atoms with E-state index in [0.717, 1.165) is 5.56 Å². The number of benzene rings is 1. The molecule has 1 saturated heterocycles. The van der Waals surface area contributed by atoms with Gasteiger partial charge in [-0.2, -0.15) is 0 Å². The van der Waals surface area contributed by atoms with E-state index in [4.69, 9.17) is 16.3 Å². The van der Waals surface area contributed by atoms with Crippen LogP contribution in [0.4, 0.5) is 0 Å². The molecule has 0 aromatic heterocycles. The minimum absolute atomic E-state index is 0.0590. The quantitative estimate of drug-likeness (QED) is 0.921. The van der Waals surface area contributed by atoms with Crippen molar-refractivity contribution in [3.8, 4) is 0 Å². The molecule has 0 bridgehead atoms. The second-order valence-electron chi connectivity index (χ2n) is 6.31. The Morgan fingerprint density at radius 3 is 2.57 bits per heavy atom. The lowest BCUT2D eigenvalue weighted by molar-refractivity contribution is -0.163. The highest BCUT2D eigenvalue weighted by atomic mass is 35.5. The van der Waals surface area contributed by atoms with Crippen LogP contribution in [-0.4, -0.2) is 41.1 Å². The van der Waals surface area contributed by atoms with Gasteiger partial charge in [-0.25, -0.2) is 0 Å². The second-order valence-corrected chi connectivity index (χ2v) is 6.72. The number of halogens is 1. The Bertz CT molecular complexity index is 620. The molecule has 1 aromatic rings. The summed E-state index contributed by atoms with van der Waals surface area (Å²) in [4.78, 5) is 25.7. The number of carbonyl (C=O) groups is 2. The lowest BCUT2D eigenvalue weighted by Crippen LogP contribution is -2.54. The number of hydrogen-bond acceptors (Lipinski definition) is 3. The number of ether oxygens (including phenoxy) is 1. The highest BCUT2D eigenvalue weighted by molar-refractivity contribution is 6.31. The monoisotopic (exact) mass is 337 g/mol. The van der Waals surface area contributed by atoms with Crippen molar-refractivity contribution in [2.24, 2.45) is 11.8 Å². The van der Waals surface area contributed by atoms with E-state index in [1.165, 1.54) is 0 Å². The van der Waals surface area contributed by atoms with Crippen molar-refractivity contribution in [1.29, 1.82) is 0 Å². The van der Waals surface area contributed by atoms with E-state index in [1.807, 2.05) is 25.1 Å². The molecule has 1 heterocycles. The van der Waals surface area contributed by atoms with Crippen molar-refractivity contribution in [3.05, 3.63) is 34.9 Å². The van der Waals surface area contributed by atoms with Gasteiger partial charge in [0.25, 0.3) is 0 Å². The van der Waals surface area contributed by atoms with Gasteiger partial charge in [-0.05, 0) is 25.8 Å². The molecule has 1 amide bonds. The lowest BCUT2D eigenvalue weighted by Gasteiger charge is -2.43. The van der Waals surface area contributed by atoms with Gasteiger partial charge in [0.2, 0.25) is 5.91 Å². The Morgan fingerprint density at radius 2 is 1.96 bits per heavy atom. The molecule has 0 radical (unpaired) electrons. The Balaban J connectivity index is 1.75. The van der Waals surface area contributed by atoms with Crippen LogP contribution >= 0.6 is 11.6 Å². The highest BCUT2D eigenvalue weighted by Crippen LogP contribution is 2.38. The number of carboxylic acids is 1. The topological polar surface area (TPSA) is 66.8 Å². The molecule has 1 aliphatic carbocycles. The van der Waals surface area contributed by atoms with E-state index in [-0.39, 0.29) is 18.1 Å². The van der Waals surface area contributed by atoms with Crippen molar-refractivity contribution in [2.75, 3.05) is 13.2 Å². The number of aliphatic carboxylic acids is 1. The summed E-state index contributed by atoms with van der Waals surface area (Å²) in [5.74, 6) is -1.90. The van der Waals surface area contributed by atoms with Crippen molar-refractivity contribution in [3.63, 3.8) is 0 Å². The fourth-order valence-electron chi connectivity index (χ4n) is 3.29. The van der Waals surface area contributed by atoms with Crippen molar-refractivity contribution in [1.82, 2.24) is 4.90 Å². The summed E-state index contributed by atoms with van der Waals surface area (Å²) in [5.41, 5.74) is 0.863. The molecule has 4 atom stereocenters. The van der Waals surface area contributed by atoms with Crippen molar-refractivity contribution in [2.45, 2.75) is 31.9 Å². The summed E-state index contributed by atoms with van der Waals surface area (Å²) in [6, 6.07) is 7.38. The van der Waals surface area contributed by atoms with E-state index in [2.05, 4.69) is 0 Å². The zero-order chi connectivity index (χ0) is 16.6. The number of amides is 1. The van der Waals surface area contributed by atoms with Gasteiger partial charge in [-0.1, -0.05) is 29.8 Å². The Hall–Kier alpha value is -1.59. The standard InChI is InChI=1S/C17H20ClNO4/c1-10-9-23-15(13-4-2-3-5-14(13)18)8-19(10)16(20)11-6-7-12(11)17(21)22/h2-5,10-12,15H,6-9H2,1H3,(H,21,22). The molecule has 2 fully saturated rings. The van der Waals surface area contributed by atoms with E-state index < -0.39 is 17.8 Å². The SMILES string of the molecule is CC1COC(c2ccccc2Cl)CN1C(=O)C1CCC1C(=O)O. The predicted molar refractivity (Wildman–Crippen MR) is 85.2 cm³/mol. The lowest BCUT2D eigenvalue weighted by atomic mass is 9.72. The average Bonchev–Trinajstić information content (AvgIpc) is 2.46. The van der Waals surface area contributed by atoms with Crippen molar-refractivity contribution >= 4 is 23.5 Å². The number of hydrogen-bond donors (Lipinski definition) is 1. The Morgan fingerprint density at radius 1 is 1.26 bits per heavy atom. The third-order valence-corrected chi connectivity index (χ3v) is 5.22. The minimum atomic E-state index is -0.877. The Kier molecular flexibility index (Phi) is 4.60. The molecule has 1 aromatic carbocycles. The maximum atomic E-state index is 12.7. The number of rotatable bonds is 3. The van der Waals surface area contributed by atoms with E-state index in [0.29, 0.717) is 31.0 Å². The molecule has 1 saturated carbocycles. The second kappa shape index (κ2) is 6.49. The van der Waals surface area contributed by atoms with E-state index in [1.54, 1.807) is 11.0 Å². The van der Waals surface area contributed by atoms with E-state index in [9.17, 15) is 14.7 Å². The van der Waals surface area contributed by atoms with Crippen LogP contribution < -0.4 is 0 Å². The summed E-state index contributed by atoms with van der Waals surface area (Å²) in [6.45, 7) is 2.76. The molecule has 124 valence electrons. The first-order valence-corrected chi connectivity index (χ1v) is 8.26. The minimum Gasteiger partial charge on any atom is -0.481 e. The fourth-order valence-corrected chi connectivity index (χ4v) is 3.55. The first-order valence-electron chi connectivity index (χ1n) is 7.88. The fraction of sp³-hybridized carbons (Fsp3) is 0.529. The summed E-state index contributed by atoms with van der Waals surface area (Å²) < 4.78 is 5.85. The largest absolute Gasteiger partial charge is 0.481 e. The zero-order valence-corrected chi connectivity index (χ0v) is 13.7. The molecule has 4 unspecified atom stereocenters. The van der Waals surface area contributed by atoms with Gasteiger partial charge in [-0.3, -0.25) is 9.59 Å². The van der Waals surface area contributed by atoms with Crippen LogP contribution in [0.1, 0.15) is 31.4 Å². The van der Waals surface area contributed by atoms with Crippen LogP contribution in [0.5, 0.6) is 0 Å². The maximum absolute atomic E-state index is 12.7. The molecule has 3 rings (SSSR count). The van der Waals surface area contributed by atoms with Gasteiger partial charge in [-0.15, -0.1) is 0 Å². The molecule has 0 spiro atoms. The van der Waals surface area contributed by atoms with Gasteiger partial charge < -0.3 is 14.7 Å². The molecule has 1 N–H and O–H groups in total. The average molecular weight is 338 g/mol. The summed E-state index contributed by atoms with van der Waals surface area (Å²) in [6.07, 6.45) is 0.960. The summed E-state index contributed by atoms with van der Waals surface area (Å²) >= 11 is 6.23. The predicted octanol–water partition coefficient (Wildman–Crippen LogP) is 2.74. The van der Waals surface area contributed by atoms with Crippen LogP contribution in [0.2, 0.25) is 5.02 Å². The number of morpholine rings is 1. The van der Waals surface area contributed by atoms with Crippen LogP contribution in [0.3, 0.4) is 0 Å². The van der Waals surface area contributed by atoms with E-state index >= 15 is 0 Å². The third-order valence-electron chi connectivity index (χ3n) is 4.88. The summed E-state index contributed by atoms with van der Waals surface area (Å²) in [7, 11) is 0. The van der Waals surface area contributed by atoms with Crippen molar-refractivity contribution < 1.29 is 19.4 Å². The first kappa shape index (κ1) is 16.3. The molecular weight excluding hydrogens is 318 g/mol. The molecule has 23 heavy (non-hydrogen) atoms. The van der Waals surface area contributed by atoms with Gasteiger partial charge >= 0.3 is 5.97 Å². The van der Waals surface area contributed by atoms with Crippen LogP contribution in [0, 0.1) is 11.8 Å². The molecule has 1 aliphatic heterocycles. The number of nitrogens with zero attached hydrogens (tertiary/aromatic N) is 1. The molecule has 2 aliphatic rings. The molecular formula is C17H20ClNO4. The van der Waals surface area contributed by atoms with Crippen LogP contribution in [0.25, 0.3) is 0 Å². The number of carbonyl (C=O) groups excluding carboxylic acids is 1.